The van der Waals surface area contributed by atoms with Crippen molar-refractivity contribution in [2.45, 2.75) is 57.0 Å². The second-order valence-corrected chi connectivity index (χ2v) is 10.9. The Hall–Kier alpha value is -1.72. The maximum Gasteiger partial charge on any atom is 0.209 e. The molecule has 2 atom stereocenters. The Balaban J connectivity index is 1.43. The highest BCUT2D eigenvalue weighted by atomic mass is 32.2. The molecule has 0 bridgehead atoms. The number of sulfone groups is 1. The highest BCUT2D eigenvalue weighted by Crippen LogP contribution is 2.30. The molecule has 2 fully saturated rings. The van der Waals surface area contributed by atoms with Crippen LogP contribution in [-0.2, 0) is 21.1 Å². The molecule has 2 aliphatic rings. The largest absolute Gasteiger partial charge is 0.376 e. The van der Waals surface area contributed by atoms with Crippen LogP contribution in [0.25, 0.3) is 0 Å². The molecule has 2 aliphatic heterocycles. The highest BCUT2D eigenvalue weighted by molar-refractivity contribution is 7.99. The summed E-state index contributed by atoms with van der Waals surface area (Å²) in [7, 11) is -2.99. The van der Waals surface area contributed by atoms with E-state index in [-0.39, 0.29) is 35.2 Å². The fourth-order valence-corrected chi connectivity index (χ4v) is 6.67. The molecule has 0 aromatic carbocycles. The number of aromatic nitrogens is 5. The van der Waals surface area contributed by atoms with Crippen LogP contribution in [0.5, 0.6) is 0 Å². The molecule has 0 aliphatic carbocycles. The molecule has 158 valence electrons. The third-order valence-corrected chi connectivity index (χ3v) is 8.30. The molecule has 9 nitrogen and oxygen atoms in total. The number of tetrazole rings is 1. The van der Waals surface area contributed by atoms with Crippen LogP contribution in [0.15, 0.2) is 11.2 Å². The number of ether oxygens (including phenoxy) is 1. The van der Waals surface area contributed by atoms with Gasteiger partial charge in [-0.1, -0.05) is 11.8 Å². The van der Waals surface area contributed by atoms with E-state index in [4.69, 9.17) is 4.74 Å². The van der Waals surface area contributed by atoms with Crippen LogP contribution in [0.1, 0.15) is 47.1 Å². The summed E-state index contributed by atoms with van der Waals surface area (Å²) in [5.74, 6) is 0.561. The van der Waals surface area contributed by atoms with Gasteiger partial charge < -0.3 is 9.30 Å². The first-order valence-electron chi connectivity index (χ1n) is 9.76. The second kappa shape index (κ2) is 8.19. The van der Waals surface area contributed by atoms with Crippen LogP contribution in [0.2, 0.25) is 0 Å². The van der Waals surface area contributed by atoms with Gasteiger partial charge in [0.25, 0.3) is 0 Å². The molecule has 11 heteroatoms. The minimum atomic E-state index is -2.99. The monoisotopic (exact) mass is 439 g/mol. The number of carbonyl (C=O) groups is 1. The molecule has 0 spiro atoms. The van der Waals surface area contributed by atoms with Crippen molar-refractivity contribution in [3.8, 4) is 0 Å². The average Bonchev–Trinajstić information content (AvgIpc) is 3.43. The van der Waals surface area contributed by atoms with Gasteiger partial charge in [0.05, 0.1) is 29.9 Å². The first-order valence-corrected chi connectivity index (χ1v) is 12.6. The predicted octanol–water partition coefficient (Wildman–Crippen LogP) is 1.61. The zero-order valence-electron chi connectivity index (χ0n) is 16.6. The lowest BCUT2D eigenvalue weighted by molar-refractivity contribution is 0.0912. The number of Topliss-reactive ketones (excluding diaryl/α,β-unsaturated/α-hetero) is 1. The average molecular weight is 440 g/mol. The van der Waals surface area contributed by atoms with E-state index in [0.29, 0.717) is 23.7 Å². The van der Waals surface area contributed by atoms with E-state index in [2.05, 4.69) is 15.5 Å². The normalized spacial score (nSPS) is 23.7. The Labute approximate surface area is 174 Å². The molecule has 29 heavy (non-hydrogen) atoms. The topological polar surface area (TPSA) is 109 Å². The minimum Gasteiger partial charge on any atom is -0.376 e. The highest BCUT2D eigenvalue weighted by Gasteiger charge is 2.31. The summed E-state index contributed by atoms with van der Waals surface area (Å²) >= 11 is 1.31. The molecular formula is C18H25N5O4S2. The Morgan fingerprint density at radius 3 is 2.86 bits per heavy atom. The van der Waals surface area contributed by atoms with Crippen LogP contribution < -0.4 is 0 Å². The number of carbonyl (C=O) groups excluding carboxylic acids is 1. The Kier molecular flexibility index (Phi) is 5.80. The SMILES string of the molecule is Cc1cc(C(=O)CSc2nnnn2C[C@H]2CCCO2)c(C)n1[C@@H]1CCS(=O)(=O)C1. The summed E-state index contributed by atoms with van der Waals surface area (Å²) in [6.07, 6.45) is 2.76. The summed E-state index contributed by atoms with van der Waals surface area (Å²) in [6, 6.07) is 1.77. The predicted molar refractivity (Wildman–Crippen MR) is 108 cm³/mol. The van der Waals surface area contributed by atoms with Crippen molar-refractivity contribution in [2.24, 2.45) is 0 Å². The van der Waals surface area contributed by atoms with E-state index >= 15 is 0 Å². The number of nitrogens with zero attached hydrogens (tertiary/aromatic N) is 5. The molecular weight excluding hydrogens is 414 g/mol. The van der Waals surface area contributed by atoms with E-state index < -0.39 is 9.84 Å². The maximum atomic E-state index is 12.9. The third kappa shape index (κ3) is 4.41. The Morgan fingerprint density at radius 1 is 1.34 bits per heavy atom. The van der Waals surface area contributed by atoms with E-state index in [1.165, 1.54) is 11.8 Å². The molecule has 0 saturated carbocycles. The number of rotatable bonds is 7. The number of hydrogen-bond donors (Lipinski definition) is 0. The summed E-state index contributed by atoms with van der Waals surface area (Å²) in [4.78, 5) is 12.9. The minimum absolute atomic E-state index is 0.0122. The zero-order chi connectivity index (χ0) is 20.6. The molecule has 0 amide bonds. The van der Waals surface area contributed by atoms with E-state index in [1.54, 1.807) is 4.68 Å². The van der Waals surface area contributed by atoms with E-state index in [0.717, 1.165) is 30.8 Å². The second-order valence-electron chi connectivity index (χ2n) is 7.70. The first kappa shape index (κ1) is 20.5. The van der Waals surface area contributed by atoms with Crippen molar-refractivity contribution in [2.75, 3.05) is 23.9 Å². The molecule has 2 aromatic rings. The number of aryl methyl sites for hydroxylation is 1. The quantitative estimate of drug-likeness (QED) is 0.473. The van der Waals surface area contributed by atoms with Crippen LogP contribution in [0.4, 0.5) is 0 Å². The molecule has 4 rings (SSSR count). The summed E-state index contributed by atoms with van der Waals surface area (Å²) in [5.41, 5.74) is 2.38. The number of hydrogen-bond acceptors (Lipinski definition) is 8. The standard InChI is InChI=1S/C18H25N5O4S2/c1-12-8-16(13(2)23(12)14-5-7-29(25,26)11-14)17(24)10-28-18-19-20-21-22(18)9-15-4-3-6-27-15/h8,14-15H,3-7,9-11H2,1-2H3/t14-,15-/m1/s1. The van der Waals surface area contributed by atoms with Gasteiger partial charge in [-0.2, -0.15) is 0 Å². The molecule has 0 N–H and O–H groups in total. The first-order chi connectivity index (χ1) is 13.8. The lowest BCUT2D eigenvalue weighted by atomic mass is 10.2. The van der Waals surface area contributed by atoms with Gasteiger partial charge in [-0.15, -0.1) is 5.10 Å². The lowest BCUT2D eigenvalue weighted by Gasteiger charge is -2.16. The van der Waals surface area contributed by atoms with Gasteiger partial charge in [-0.3, -0.25) is 4.79 Å². The van der Waals surface area contributed by atoms with Gasteiger partial charge >= 0.3 is 0 Å². The van der Waals surface area contributed by atoms with E-state index in [1.807, 2.05) is 24.5 Å². The van der Waals surface area contributed by atoms with Gasteiger partial charge in [0, 0.05) is 29.6 Å². The van der Waals surface area contributed by atoms with Crippen LogP contribution in [0, 0.1) is 13.8 Å². The van der Waals surface area contributed by atoms with E-state index in [9.17, 15) is 13.2 Å². The van der Waals surface area contributed by atoms with Crippen LogP contribution >= 0.6 is 11.8 Å². The lowest BCUT2D eigenvalue weighted by Crippen LogP contribution is -2.17. The van der Waals surface area contributed by atoms with Crippen LogP contribution in [0.3, 0.4) is 0 Å². The molecule has 0 unspecified atom stereocenters. The summed E-state index contributed by atoms with van der Waals surface area (Å²) in [5, 5.41) is 12.4. The van der Waals surface area contributed by atoms with Crippen molar-refractivity contribution in [3.63, 3.8) is 0 Å². The zero-order valence-corrected chi connectivity index (χ0v) is 18.2. The van der Waals surface area contributed by atoms with Crippen molar-refractivity contribution in [3.05, 3.63) is 23.0 Å². The van der Waals surface area contributed by atoms with Crippen molar-refractivity contribution >= 4 is 27.4 Å². The van der Waals surface area contributed by atoms with Gasteiger partial charge in [-0.05, 0) is 49.6 Å². The maximum absolute atomic E-state index is 12.9. The molecule has 0 radical (unpaired) electrons. The van der Waals surface area contributed by atoms with Crippen LogP contribution in [-0.4, -0.2) is 68.9 Å². The fraction of sp³-hybridized carbons (Fsp3) is 0.667. The number of ketones is 1. The van der Waals surface area contributed by atoms with Crippen molar-refractivity contribution in [1.82, 2.24) is 24.8 Å². The van der Waals surface area contributed by atoms with Gasteiger partial charge in [0.1, 0.15) is 0 Å². The smallest absolute Gasteiger partial charge is 0.209 e. The van der Waals surface area contributed by atoms with Gasteiger partial charge in [0.15, 0.2) is 15.6 Å². The summed E-state index contributed by atoms with van der Waals surface area (Å²) in [6.45, 7) is 5.17. The van der Waals surface area contributed by atoms with Gasteiger partial charge in [0.2, 0.25) is 5.16 Å². The Bertz CT molecular complexity index is 1010. The number of thioether (sulfide) groups is 1. The Morgan fingerprint density at radius 2 is 2.17 bits per heavy atom. The van der Waals surface area contributed by atoms with Gasteiger partial charge in [-0.25, -0.2) is 13.1 Å². The molecule has 2 saturated heterocycles. The summed E-state index contributed by atoms with van der Waals surface area (Å²) < 4.78 is 33.0. The van der Waals surface area contributed by atoms with Crippen molar-refractivity contribution < 1.29 is 17.9 Å². The molecule has 4 heterocycles. The fourth-order valence-electron chi connectivity index (χ4n) is 4.20. The third-order valence-electron chi connectivity index (χ3n) is 5.59. The molecule has 2 aromatic heterocycles. The van der Waals surface area contributed by atoms with Crippen molar-refractivity contribution in [1.29, 1.82) is 0 Å².